The van der Waals surface area contributed by atoms with Gasteiger partial charge < -0.3 is 10.3 Å². The molecule has 1 aromatic carbocycles. The summed E-state index contributed by atoms with van der Waals surface area (Å²) in [6.07, 6.45) is 7.88. The molecule has 106 valence electrons. The quantitative estimate of drug-likeness (QED) is 0.866. The zero-order valence-corrected chi connectivity index (χ0v) is 11.7. The van der Waals surface area contributed by atoms with E-state index in [1.54, 1.807) is 0 Å². The molecule has 4 heteroatoms. The molecule has 1 aliphatic rings. The molecule has 0 saturated heterocycles. The van der Waals surface area contributed by atoms with Crippen molar-refractivity contribution in [1.29, 1.82) is 0 Å². The van der Waals surface area contributed by atoms with Crippen molar-refractivity contribution in [2.24, 2.45) is 5.73 Å². The van der Waals surface area contributed by atoms with Crippen LogP contribution in [0.25, 0.3) is 11.4 Å². The molecule has 1 saturated carbocycles. The first-order valence-corrected chi connectivity index (χ1v) is 7.50. The summed E-state index contributed by atoms with van der Waals surface area (Å²) in [4.78, 5) is 4.38. The van der Waals surface area contributed by atoms with Gasteiger partial charge in [0.1, 0.15) is 0 Å². The summed E-state index contributed by atoms with van der Waals surface area (Å²) >= 11 is 0. The molecule has 0 radical (unpaired) electrons. The fourth-order valence-electron chi connectivity index (χ4n) is 3.09. The van der Waals surface area contributed by atoms with Gasteiger partial charge in [-0.25, -0.2) is 0 Å². The van der Waals surface area contributed by atoms with Gasteiger partial charge in [-0.2, -0.15) is 4.98 Å². The van der Waals surface area contributed by atoms with Crippen LogP contribution in [0, 0.1) is 0 Å². The zero-order chi connectivity index (χ0) is 13.8. The van der Waals surface area contributed by atoms with Gasteiger partial charge in [0.15, 0.2) is 0 Å². The van der Waals surface area contributed by atoms with E-state index in [1.807, 2.05) is 6.07 Å². The molecular weight excluding hydrogens is 250 g/mol. The fraction of sp³-hybridized carbons (Fsp3) is 0.500. The summed E-state index contributed by atoms with van der Waals surface area (Å²) in [6, 6.07) is 8.44. The highest BCUT2D eigenvalue weighted by Crippen LogP contribution is 2.36. The molecule has 0 bridgehead atoms. The second kappa shape index (κ2) is 6.18. The number of rotatable bonds is 3. The van der Waals surface area contributed by atoms with E-state index in [4.69, 9.17) is 10.3 Å². The lowest BCUT2D eigenvalue weighted by Crippen LogP contribution is -2.01. The molecule has 1 aliphatic carbocycles. The first-order valence-electron chi connectivity index (χ1n) is 7.50. The van der Waals surface area contributed by atoms with Crippen molar-refractivity contribution in [1.82, 2.24) is 10.1 Å². The summed E-state index contributed by atoms with van der Waals surface area (Å²) in [5.74, 6) is 1.79. The van der Waals surface area contributed by atoms with Crippen LogP contribution in [0.4, 0.5) is 0 Å². The van der Waals surface area contributed by atoms with E-state index in [0.29, 0.717) is 24.2 Å². The predicted molar refractivity (Wildman–Crippen MR) is 78.1 cm³/mol. The van der Waals surface area contributed by atoms with Crippen LogP contribution in [0.2, 0.25) is 0 Å². The summed E-state index contributed by atoms with van der Waals surface area (Å²) < 4.78 is 5.15. The Morgan fingerprint density at radius 1 is 1.10 bits per heavy atom. The number of hydrogen-bond acceptors (Lipinski definition) is 4. The highest BCUT2D eigenvalue weighted by atomic mass is 16.5. The standard InChI is InChI=1S/C16H21N3O/c17-11-15-18-16(19-20-15)14-10-6-5-9-13(14)12-7-3-1-2-4-8-12/h5-6,9-10,12H,1-4,7-8,11,17H2. The van der Waals surface area contributed by atoms with Crippen LogP contribution in [0.15, 0.2) is 28.8 Å². The average Bonchev–Trinajstić information content (AvgIpc) is 2.81. The minimum absolute atomic E-state index is 0.290. The Kier molecular flexibility index (Phi) is 4.11. The van der Waals surface area contributed by atoms with E-state index >= 15 is 0 Å². The van der Waals surface area contributed by atoms with Gasteiger partial charge in [-0.05, 0) is 24.3 Å². The largest absolute Gasteiger partial charge is 0.338 e. The van der Waals surface area contributed by atoms with Gasteiger partial charge >= 0.3 is 0 Å². The lowest BCUT2D eigenvalue weighted by molar-refractivity contribution is 0.380. The summed E-state index contributed by atoms with van der Waals surface area (Å²) in [6.45, 7) is 0.290. The monoisotopic (exact) mass is 271 g/mol. The van der Waals surface area contributed by atoms with Gasteiger partial charge in [0.05, 0.1) is 6.54 Å². The number of hydrogen-bond donors (Lipinski definition) is 1. The van der Waals surface area contributed by atoms with Crippen LogP contribution >= 0.6 is 0 Å². The zero-order valence-electron chi connectivity index (χ0n) is 11.7. The molecular formula is C16H21N3O. The van der Waals surface area contributed by atoms with E-state index in [-0.39, 0.29) is 0 Å². The molecule has 20 heavy (non-hydrogen) atoms. The number of nitrogens with zero attached hydrogens (tertiary/aromatic N) is 2. The van der Waals surface area contributed by atoms with E-state index in [9.17, 15) is 0 Å². The second-order valence-corrected chi connectivity index (χ2v) is 5.49. The molecule has 2 N–H and O–H groups in total. The SMILES string of the molecule is NCc1nc(-c2ccccc2C2CCCCCC2)no1. The highest BCUT2D eigenvalue weighted by molar-refractivity contribution is 5.60. The predicted octanol–water partition coefficient (Wildman–Crippen LogP) is 3.63. The molecule has 3 rings (SSSR count). The Balaban J connectivity index is 1.94. The summed E-state index contributed by atoms with van der Waals surface area (Å²) in [5, 5.41) is 4.07. The minimum Gasteiger partial charge on any atom is -0.338 e. The van der Waals surface area contributed by atoms with Crippen LogP contribution < -0.4 is 5.73 Å². The lowest BCUT2D eigenvalue weighted by Gasteiger charge is -2.17. The molecule has 4 nitrogen and oxygen atoms in total. The van der Waals surface area contributed by atoms with Crippen molar-refractivity contribution in [2.75, 3.05) is 0 Å². The van der Waals surface area contributed by atoms with E-state index < -0.39 is 0 Å². The second-order valence-electron chi connectivity index (χ2n) is 5.49. The van der Waals surface area contributed by atoms with Crippen LogP contribution in [-0.4, -0.2) is 10.1 Å². The first kappa shape index (κ1) is 13.3. The topological polar surface area (TPSA) is 64.9 Å². The summed E-state index contributed by atoms with van der Waals surface area (Å²) in [7, 11) is 0. The van der Waals surface area contributed by atoms with Gasteiger partial charge in [0.25, 0.3) is 0 Å². The Bertz CT molecular complexity index is 556. The van der Waals surface area contributed by atoms with Crippen molar-refractivity contribution < 1.29 is 4.52 Å². The maximum absolute atomic E-state index is 5.55. The van der Waals surface area contributed by atoms with Gasteiger partial charge in [0.2, 0.25) is 11.7 Å². The van der Waals surface area contributed by atoms with Crippen molar-refractivity contribution in [3.05, 3.63) is 35.7 Å². The molecule has 1 aromatic heterocycles. The van der Waals surface area contributed by atoms with Gasteiger partial charge in [0, 0.05) is 5.56 Å². The van der Waals surface area contributed by atoms with Crippen LogP contribution in [-0.2, 0) is 6.54 Å². The number of nitrogens with two attached hydrogens (primary N) is 1. The molecule has 0 amide bonds. The third-order valence-electron chi connectivity index (χ3n) is 4.14. The van der Waals surface area contributed by atoms with Crippen molar-refractivity contribution in [3.8, 4) is 11.4 Å². The van der Waals surface area contributed by atoms with Crippen LogP contribution in [0.3, 0.4) is 0 Å². The lowest BCUT2D eigenvalue weighted by atomic mass is 9.88. The number of aromatic nitrogens is 2. The third-order valence-corrected chi connectivity index (χ3v) is 4.14. The van der Waals surface area contributed by atoms with Crippen LogP contribution in [0.1, 0.15) is 55.9 Å². The molecule has 0 unspecified atom stereocenters. The highest BCUT2D eigenvalue weighted by Gasteiger charge is 2.20. The van der Waals surface area contributed by atoms with Gasteiger partial charge in [-0.3, -0.25) is 0 Å². The Morgan fingerprint density at radius 2 is 1.85 bits per heavy atom. The van der Waals surface area contributed by atoms with Crippen molar-refractivity contribution in [2.45, 2.75) is 51.0 Å². The number of benzene rings is 1. The van der Waals surface area contributed by atoms with Crippen LogP contribution in [0.5, 0.6) is 0 Å². The molecule has 0 atom stereocenters. The maximum atomic E-state index is 5.55. The molecule has 2 aromatic rings. The maximum Gasteiger partial charge on any atom is 0.240 e. The van der Waals surface area contributed by atoms with E-state index in [2.05, 4.69) is 28.3 Å². The smallest absolute Gasteiger partial charge is 0.240 e. The third kappa shape index (κ3) is 2.75. The minimum atomic E-state index is 0.290. The fourth-order valence-corrected chi connectivity index (χ4v) is 3.09. The van der Waals surface area contributed by atoms with Crippen molar-refractivity contribution >= 4 is 0 Å². The summed E-state index contributed by atoms with van der Waals surface area (Å²) in [5.41, 5.74) is 8.01. The van der Waals surface area contributed by atoms with E-state index in [1.165, 1.54) is 44.1 Å². The van der Waals surface area contributed by atoms with Crippen molar-refractivity contribution in [3.63, 3.8) is 0 Å². The molecule has 0 spiro atoms. The molecule has 1 heterocycles. The Morgan fingerprint density at radius 3 is 2.55 bits per heavy atom. The normalized spacial score (nSPS) is 17.1. The Hall–Kier alpha value is -1.68. The van der Waals surface area contributed by atoms with Gasteiger partial charge in [-0.1, -0.05) is 55.1 Å². The average molecular weight is 271 g/mol. The Labute approximate surface area is 119 Å². The molecule has 1 fully saturated rings. The van der Waals surface area contributed by atoms with Gasteiger partial charge in [-0.15, -0.1) is 0 Å². The van der Waals surface area contributed by atoms with E-state index in [0.717, 1.165) is 5.56 Å². The first-order chi connectivity index (χ1) is 9.88. The molecule has 0 aliphatic heterocycles.